The number of nitrogens with zero attached hydrogens (tertiary/aromatic N) is 1. The third-order valence-electron chi connectivity index (χ3n) is 3.25. The molecule has 0 N–H and O–H groups in total. The summed E-state index contributed by atoms with van der Waals surface area (Å²) in [4.78, 5) is 3.41. The lowest BCUT2D eigenvalue weighted by Crippen LogP contribution is -2.14. The average molecular weight is 221 g/mol. The highest BCUT2D eigenvalue weighted by Crippen LogP contribution is 2.60. The van der Waals surface area contributed by atoms with E-state index in [0.29, 0.717) is 5.41 Å². The molecule has 0 aromatic heterocycles. The molecule has 2 aliphatic heterocycles. The molecule has 0 atom stereocenters. The van der Waals surface area contributed by atoms with E-state index in [1.807, 2.05) is 32.1 Å². The van der Waals surface area contributed by atoms with Crippen LogP contribution in [0.4, 0.5) is 0 Å². The van der Waals surface area contributed by atoms with Crippen LogP contribution in [-0.4, -0.2) is 24.7 Å². The molecule has 15 heavy (non-hydrogen) atoms. The van der Waals surface area contributed by atoms with Crippen LogP contribution in [0.15, 0.2) is 34.8 Å². The Bertz CT molecular complexity index is 386. The van der Waals surface area contributed by atoms with Gasteiger partial charge in [0, 0.05) is 25.3 Å². The number of hydrogen-bond acceptors (Lipinski definition) is 3. The highest BCUT2D eigenvalue weighted by Gasteiger charge is 2.48. The first-order valence-corrected chi connectivity index (χ1v) is 6.31. The smallest absolute Gasteiger partial charge is 0.208 e. The molecule has 1 aliphatic carbocycles. The molecule has 2 heterocycles. The van der Waals surface area contributed by atoms with Gasteiger partial charge in [-0.2, -0.15) is 0 Å². The Morgan fingerprint density at radius 3 is 2.87 bits per heavy atom. The van der Waals surface area contributed by atoms with Crippen LogP contribution in [0.25, 0.3) is 0 Å². The first kappa shape index (κ1) is 9.40. The molecule has 1 fully saturated rings. The third-order valence-corrected chi connectivity index (χ3v) is 4.27. The summed E-state index contributed by atoms with van der Waals surface area (Å²) in [5.41, 5.74) is 1.83. The first-order valence-electron chi connectivity index (χ1n) is 5.33. The van der Waals surface area contributed by atoms with Crippen LogP contribution >= 0.6 is 11.8 Å². The maximum absolute atomic E-state index is 5.72. The van der Waals surface area contributed by atoms with Crippen molar-refractivity contribution >= 4 is 11.8 Å². The Hall–Kier alpha value is -0.830. The second-order valence-corrected chi connectivity index (χ2v) is 5.56. The fourth-order valence-electron chi connectivity index (χ4n) is 2.24. The molecule has 3 aliphatic rings. The summed E-state index contributed by atoms with van der Waals surface area (Å²) in [5.74, 6) is 2.10. The molecule has 1 spiro atoms. The highest BCUT2D eigenvalue weighted by atomic mass is 32.2. The highest BCUT2D eigenvalue weighted by molar-refractivity contribution is 8.03. The van der Waals surface area contributed by atoms with Crippen molar-refractivity contribution in [2.45, 2.75) is 12.8 Å². The fourth-order valence-corrected chi connectivity index (χ4v) is 3.45. The van der Waals surface area contributed by atoms with Gasteiger partial charge in [0.2, 0.25) is 5.88 Å². The van der Waals surface area contributed by atoms with E-state index < -0.39 is 0 Å². The van der Waals surface area contributed by atoms with E-state index in [1.54, 1.807) is 0 Å². The van der Waals surface area contributed by atoms with Crippen LogP contribution in [0, 0.1) is 5.41 Å². The molecule has 0 unspecified atom stereocenters. The topological polar surface area (TPSA) is 12.5 Å². The summed E-state index contributed by atoms with van der Waals surface area (Å²) in [7, 11) is 4.08. The summed E-state index contributed by atoms with van der Waals surface area (Å²) in [6.45, 7) is 0. The lowest BCUT2D eigenvalue weighted by atomic mass is 9.95. The van der Waals surface area contributed by atoms with Gasteiger partial charge < -0.3 is 9.64 Å². The first-order chi connectivity index (χ1) is 7.23. The monoisotopic (exact) mass is 221 g/mol. The summed E-state index contributed by atoms with van der Waals surface area (Å²) in [6, 6.07) is 0. The molecule has 3 rings (SSSR count). The van der Waals surface area contributed by atoms with Gasteiger partial charge in [0.25, 0.3) is 0 Å². The minimum Gasteiger partial charge on any atom is -0.448 e. The van der Waals surface area contributed by atoms with Gasteiger partial charge in [0.1, 0.15) is 0 Å². The predicted molar refractivity (Wildman–Crippen MR) is 63.1 cm³/mol. The van der Waals surface area contributed by atoms with Crippen LogP contribution in [0.3, 0.4) is 0 Å². The van der Waals surface area contributed by atoms with Crippen LogP contribution in [0.1, 0.15) is 12.8 Å². The van der Waals surface area contributed by atoms with Gasteiger partial charge in [-0.1, -0.05) is 6.08 Å². The maximum Gasteiger partial charge on any atom is 0.208 e. The normalized spacial score (nSPS) is 25.9. The van der Waals surface area contributed by atoms with Gasteiger partial charge in [-0.25, -0.2) is 0 Å². The van der Waals surface area contributed by atoms with Crippen molar-refractivity contribution < 1.29 is 4.74 Å². The van der Waals surface area contributed by atoms with Gasteiger partial charge in [-0.3, -0.25) is 0 Å². The van der Waals surface area contributed by atoms with E-state index in [4.69, 9.17) is 4.74 Å². The van der Waals surface area contributed by atoms with Gasteiger partial charge >= 0.3 is 0 Å². The molecule has 0 amide bonds. The number of fused-ring (bicyclic) bond motifs is 2. The zero-order valence-electron chi connectivity index (χ0n) is 9.12. The molecular weight excluding hydrogens is 206 g/mol. The average Bonchev–Trinajstić information content (AvgIpc) is 2.87. The molecule has 3 heteroatoms. The maximum atomic E-state index is 5.72. The van der Waals surface area contributed by atoms with Crippen molar-refractivity contribution in [3.63, 3.8) is 0 Å². The van der Waals surface area contributed by atoms with E-state index in [1.165, 1.54) is 23.3 Å². The van der Waals surface area contributed by atoms with E-state index in [2.05, 4.69) is 17.1 Å². The number of rotatable bonds is 1. The predicted octanol–water partition coefficient (Wildman–Crippen LogP) is 2.71. The SMILES string of the molecule is CN(C)C1=C2SCC=C2C2(C=CO1)CC2. The molecular formula is C12H15NOS. The van der Waals surface area contributed by atoms with E-state index in [0.717, 1.165) is 11.6 Å². The quantitative estimate of drug-likeness (QED) is 0.675. The molecule has 2 nitrogen and oxygen atoms in total. The Labute approximate surface area is 94.7 Å². The fraction of sp³-hybridized carbons (Fsp3) is 0.500. The summed E-state index contributed by atoms with van der Waals surface area (Å²) in [5, 5.41) is 0. The lowest BCUT2D eigenvalue weighted by molar-refractivity contribution is 0.232. The van der Waals surface area contributed by atoms with Gasteiger partial charge in [0.05, 0.1) is 11.2 Å². The standard InChI is InChI=1S/C12H15NOS/c1-13(2)11-10-9(3-8-15-10)12(4-5-12)6-7-14-11/h3,6-7H,4-5,8H2,1-2H3. The largest absolute Gasteiger partial charge is 0.448 e. The van der Waals surface area contributed by atoms with Crippen molar-refractivity contribution in [1.29, 1.82) is 0 Å². The molecule has 0 saturated heterocycles. The Balaban J connectivity index is 2.09. The molecule has 0 radical (unpaired) electrons. The van der Waals surface area contributed by atoms with Crippen LogP contribution < -0.4 is 0 Å². The zero-order chi connectivity index (χ0) is 10.5. The Kier molecular flexibility index (Phi) is 1.93. The summed E-state index contributed by atoms with van der Waals surface area (Å²) < 4.78 is 5.72. The lowest BCUT2D eigenvalue weighted by Gasteiger charge is -2.18. The minimum absolute atomic E-state index is 0.330. The van der Waals surface area contributed by atoms with Crippen molar-refractivity contribution in [2.75, 3.05) is 19.8 Å². The zero-order valence-corrected chi connectivity index (χ0v) is 9.93. The van der Waals surface area contributed by atoms with Crippen LogP contribution in [0.5, 0.6) is 0 Å². The Morgan fingerprint density at radius 2 is 2.20 bits per heavy atom. The van der Waals surface area contributed by atoms with Crippen molar-refractivity contribution in [3.8, 4) is 0 Å². The molecule has 80 valence electrons. The minimum atomic E-state index is 0.330. The summed E-state index contributed by atoms with van der Waals surface area (Å²) in [6.07, 6.45) is 9.04. The number of thioether (sulfide) groups is 1. The molecule has 0 aromatic carbocycles. The second-order valence-electron chi connectivity index (χ2n) is 4.53. The molecule has 1 saturated carbocycles. The number of ether oxygens (including phenoxy) is 1. The third kappa shape index (κ3) is 1.33. The van der Waals surface area contributed by atoms with Gasteiger partial charge in [-0.15, -0.1) is 11.8 Å². The van der Waals surface area contributed by atoms with Crippen molar-refractivity contribution in [1.82, 2.24) is 4.90 Å². The number of allylic oxidation sites excluding steroid dienone is 2. The molecule has 0 bridgehead atoms. The molecule has 0 aromatic rings. The van der Waals surface area contributed by atoms with E-state index in [9.17, 15) is 0 Å². The van der Waals surface area contributed by atoms with Crippen LogP contribution in [-0.2, 0) is 4.74 Å². The van der Waals surface area contributed by atoms with Gasteiger partial charge in [0.15, 0.2) is 0 Å². The summed E-state index contributed by atoms with van der Waals surface area (Å²) >= 11 is 1.90. The van der Waals surface area contributed by atoms with Gasteiger partial charge in [-0.05, 0) is 24.5 Å². The Morgan fingerprint density at radius 1 is 1.40 bits per heavy atom. The second kappa shape index (κ2) is 3.08. The number of hydrogen-bond donors (Lipinski definition) is 0. The van der Waals surface area contributed by atoms with Crippen LogP contribution in [0.2, 0.25) is 0 Å². The van der Waals surface area contributed by atoms with Crippen molar-refractivity contribution in [3.05, 3.63) is 34.8 Å². The van der Waals surface area contributed by atoms with E-state index in [-0.39, 0.29) is 0 Å². The van der Waals surface area contributed by atoms with Crippen molar-refractivity contribution in [2.24, 2.45) is 5.41 Å². The van der Waals surface area contributed by atoms with E-state index >= 15 is 0 Å².